The van der Waals surface area contributed by atoms with Crippen molar-refractivity contribution in [1.29, 1.82) is 0 Å². The van der Waals surface area contributed by atoms with Crippen LogP contribution in [-0.2, 0) is 0 Å². The van der Waals surface area contributed by atoms with Gasteiger partial charge in [-0.05, 0) is 38.0 Å². The molecule has 0 spiro atoms. The third-order valence-corrected chi connectivity index (χ3v) is 3.18. The zero-order chi connectivity index (χ0) is 15.2. The monoisotopic (exact) mass is 284 g/mol. The molecule has 1 unspecified atom stereocenters. The van der Waals surface area contributed by atoms with E-state index in [2.05, 4.69) is 20.6 Å². The second-order valence-corrected chi connectivity index (χ2v) is 5.07. The SMILES string of the molecule is CCC(C)NC(=O)c1cnc(Nc2cccc(C)c2)nc1. The Labute approximate surface area is 124 Å². The Hall–Kier alpha value is -2.43. The Kier molecular flexibility index (Phi) is 4.87. The molecule has 2 aromatic rings. The van der Waals surface area contributed by atoms with E-state index in [1.807, 2.05) is 45.0 Å². The van der Waals surface area contributed by atoms with Crippen molar-refractivity contribution < 1.29 is 4.79 Å². The Morgan fingerprint density at radius 3 is 2.62 bits per heavy atom. The number of nitrogens with one attached hydrogen (secondary N) is 2. The lowest BCUT2D eigenvalue weighted by Gasteiger charge is -2.11. The molecule has 0 radical (unpaired) electrons. The number of aromatic nitrogens is 2. The molecule has 1 aromatic heterocycles. The number of hydrogen-bond acceptors (Lipinski definition) is 4. The summed E-state index contributed by atoms with van der Waals surface area (Å²) in [5.74, 6) is 0.326. The minimum atomic E-state index is -0.147. The fraction of sp³-hybridized carbons (Fsp3) is 0.312. The Bertz CT molecular complexity index is 610. The zero-order valence-corrected chi connectivity index (χ0v) is 12.6. The molecule has 1 atom stereocenters. The summed E-state index contributed by atoms with van der Waals surface area (Å²) < 4.78 is 0. The van der Waals surface area contributed by atoms with Gasteiger partial charge in [0.2, 0.25) is 5.95 Å². The van der Waals surface area contributed by atoms with Gasteiger partial charge in [0.1, 0.15) is 0 Å². The fourth-order valence-corrected chi connectivity index (χ4v) is 1.77. The number of rotatable bonds is 5. The van der Waals surface area contributed by atoms with Crippen molar-refractivity contribution in [2.45, 2.75) is 33.2 Å². The summed E-state index contributed by atoms with van der Waals surface area (Å²) in [7, 11) is 0. The first kappa shape index (κ1) is 15.0. The highest BCUT2D eigenvalue weighted by Crippen LogP contribution is 2.14. The highest BCUT2D eigenvalue weighted by atomic mass is 16.1. The third kappa shape index (κ3) is 4.27. The quantitative estimate of drug-likeness (QED) is 0.885. The molecule has 0 aliphatic carbocycles. The fourth-order valence-electron chi connectivity index (χ4n) is 1.77. The van der Waals surface area contributed by atoms with E-state index in [-0.39, 0.29) is 11.9 Å². The molecule has 0 saturated carbocycles. The average molecular weight is 284 g/mol. The second kappa shape index (κ2) is 6.83. The predicted octanol–water partition coefficient (Wildman–Crippen LogP) is 3.06. The first-order chi connectivity index (χ1) is 10.1. The molecular formula is C16H20N4O. The molecule has 1 aromatic carbocycles. The number of carbonyl (C=O) groups is 1. The van der Waals surface area contributed by atoms with Crippen LogP contribution in [0.5, 0.6) is 0 Å². The van der Waals surface area contributed by atoms with Crippen LogP contribution in [0.4, 0.5) is 11.6 Å². The van der Waals surface area contributed by atoms with Gasteiger partial charge in [-0.3, -0.25) is 4.79 Å². The third-order valence-electron chi connectivity index (χ3n) is 3.18. The van der Waals surface area contributed by atoms with E-state index in [1.54, 1.807) is 0 Å². The molecule has 0 saturated heterocycles. The molecule has 5 heteroatoms. The van der Waals surface area contributed by atoms with E-state index in [4.69, 9.17) is 0 Å². The van der Waals surface area contributed by atoms with Crippen LogP contribution in [0.25, 0.3) is 0 Å². The molecule has 5 nitrogen and oxygen atoms in total. The molecule has 0 aliphatic rings. The minimum absolute atomic E-state index is 0.141. The summed E-state index contributed by atoms with van der Waals surface area (Å²) in [6.45, 7) is 6.01. The van der Waals surface area contributed by atoms with E-state index in [1.165, 1.54) is 12.4 Å². The summed E-state index contributed by atoms with van der Waals surface area (Å²) in [6, 6.07) is 8.08. The number of aryl methyl sites for hydroxylation is 1. The molecule has 2 rings (SSSR count). The Morgan fingerprint density at radius 2 is 2.00 bits per heavy atom. The topological polar surface area (TPSA) is 66.9 Å². The van der Waals surface area contributed by atoms with Crippen LogP contribution in [0, 0.1) is 6.92 Å². The van der Waals surface area contributed by atoms with E-state index >= 15 is 0 Å². The summed E-state index contributed by atoms with van der Waals surface area (Å²) in [5, 5.41) is 5.99. The van der Waals surface area contributed by atoms with Crippen LogP contribution in [0.1, 0.15) is 36.2 Å². The zero-order valence-electron chi connectivity index (χ0n) is 12.6. The molecule has 0 bridgehead atoms. The van der Waals surface area contributed by atoms with Gasteiger partial charge >= 0.3 is 0 Å². The molecule has 0 fully saturated rings. The van der Waals surface area contributed by atoms with Gasteiger partial charge in [0, 0.05) is 24.1 Å². The predicted molar refractivity (Wildman–Crippen MR) is 83.7 cm³/mol. The molecule has 0 aliphatic heterocycles. The normalized spacial score (nSPS) is 11.8. The summed E-state index contributed by atoms with van der Waals surface area (Å²) in [4.78, 5) is 20.3. The van der Waals surface area contributed by atoms with Crippen molar-refractivity contribution in [2.24, 2.45) is 0 Å². The largest absolute Gasteiger partial charge is 0.350 e. The van der Waals surface area contributed by atoms with E-state index < -0.39 is 0 Å². The summed E-state index contributed by atoms with van der Waals surface area (Å²) in [6.07, 6.45) is 3.95. The Balaban J connectivity index is 2.03. The maximum atomic E-state index is 11.9. The van der Waals surface area contributed by atoms with Crippen LogP contribution in [0.15, 0.2) is 36.7 Å². The van der Waals surface area contributed by atoms with Crippen LogP contribution in [0.2, 0.25) is 0 Å². The second-order valence-electron chi connectivity index (χ2n) is 5.07. The highest BCUT2D eigenvalue weighted by Gasteiger charge is 2.09. The van der Waals surface area contributed by atoms with E-state index in [0.29, 0.717) is 11.5 Å². The Morgan fingerprint density at radius 1 is 1.29 bits per heavy atom. The van der Waals surface area contributed by atoms with Gasteiger partial charge in [-0.2, -0.15) is 0 Å². The molecule has 2 N–H and O–H groups in total. The number of anilines is 2. The maximum absolute atomic E-state index is 11.9. The van der Waals surface area contributed by atoms with Gasteiger partial charge in [-0.1, -0.05) is 19.1 Å². The van der Waals surface area contributed by atoms with Gasteiger partial charge in [-0.15, -0.1) is 0 Å². The lowest BCUT2D eigenvalue weighted by atomic mass is 10.2. The molecule has 1 amide bonds. The summed E-state index contributed by atoms with van der Waals surface area (Å²) >= 11 is 0. The first-order valence-electron chi connectivity index (χ1n) is 7.05. The van der Waals surface area contributed by atoms with Gasteiger partial charge in [0.15, 0.2) is 0 Å². The van der Waals surface area contributed by atoms with Crippen molar-refractivity contribution in [1.82, 2.24) is 15.3 Å². The van der Waals surface area contributed by atoms with Crippen LogP contribution in [0.3, 0.4) is 0 Å². The van der Waals surface area contributed by atoms with Crippen molar-refractivity contribution in [3.05, 3.63) is 47.8 Å². The van der Waals surface area contributed by atoms with Gasteiger partial charge in [-0.25, -0.2) is 9.97 Å². The lowest BCUT2D eigenvalue weighted by molar-refractivity contribution is 0.0938. The molecular weight excluding hydrogens is 264 g/mol. The molecule has 21 heavy (non-hydrogen) atoms. The lowest BCUT2D eigenvalue weighted by Crippen LogP contribution is -2.32. The number of benzene rings is 1. The number of hydrogen-bond donors (Lipinski definition) is 2. The standard InChI is InChI=1S/C16H20N4O/c1-4-12(3)19-15(21)13-9-17-16(18-10-13)20-14-7-5-6-11(2)8-14/h5-10,12H,4H2,1-3H3,(H,19,21)(H,17,18,20). The van der Waals surface area contributed by atoms with Crippen LogP contribution >= 0.6 is 0 Å². The van der Waals surface area contributed by atoms with Crippen molar-refractivity contribution in [2.75, 3.05) is 5.32 Å². The summed E-state index contributed by atoms with van der Waals surface area (Å²) in [5.41, 5.74) is 2.54. The van der Waals surface area contributed by atoms with E-state index in [0.717, 1.165) is 17.7 Å². The number of carbonyl (C=O) groups excluding carboxylic acids is 1. The van der Waals surface area contributed by atoms with Crippen LogP contribution in [-0.4, -0.2) is 21.9 Å². The molecule has 1 heterocycles. The minimum Gasteiger partial charge on any atom is -0.350 e. The average Bonchev–Trinajstić information content (AvgIpc) is 2.47. The van der Waals surface area contributed by atoms with Crippen molar-refractivity contribution in [3.63, 3.8) is 0 Å². The van der Waals surface area contributed by atoms with Gasteiger partial charge in [0.25, 0.3) is 5.91 Å². The highest BCUT2D eigenvalue weighted by molar-refractivity contribution is 5.93. The maximum Gasteiger partial charge on any atom is 0.254 e. The van der Waals surface area contributed by atoms with Gasteiger partial charge < -0.3 is 10.6 Å². The van der Waals surface area contributed by atoms with Gasteiger partial charge in [0.05, 0.1) is 5.56 Å². The molecule has 110 valence electrons. The van der Waals surface area contributed by atoms with E-state index in [9.17, 15) is 4.79 Å². The smallest absolute Gasteiger partial charge is 0.254 e. The number of nitrogens with zero attached hydrogens (tertiary/aromatic N) is 2. The van der Waals surface area contributed by atoms with Crippen molar-refractivity contribution in [3.8, 4) is 0 Å². The van der Waals surface area contributed by atoms with Crippen molar-refractivity contribution >= 4 is 17.5 Å². The van der Waals surface area contributed by atoms with Crippen LogP contribution < -0.4 is 10.6 Å². The number of amides is 1. The first-order valence-corrected chi connectivity index (χ1v) is 7.05.